The van der Waals surface area contributed by atoms with Gasteiger partial charge in [0.1, 0.15) is 5.01 Å². The van der Waals surface area contributed by atoms with E-state index in [1.165, 1.54) is 12.8 Å². The summed E-state index contributed by atoms with van der Waals surface area (Å²) < 4.78 is 0. The van der Waals surface area contributed by atoms with E-state index in [0.717, 1.165) is 54.8 Å². The van der Waals surface area contributed by atoms with E-state index in [1.54, 1.807) is 17.5 Å². The number of hydrogen-bond acceptors (Lipinski definition) is 5. The molecule has 1 saturated carbocycles. The number of thiazole rings is 1. The minimum atomic E-state index is 0. The van der Waals surface area contributed by atoms with Crippen LogP contribution in [0.3, 0.4) is 0 Å². The van der Waals surface area contributed by atoms with Crippen LogP contribution in [-0.2, 0) is 11.2 Å². The zero-order valence-electron chi connectivity index (χ0n) is 15.2. The molecule has 0 atom stereocenters. The van der Waals surface area contributed by atoms with Gasteiger partial charge in [0.05, 0.1) is 17.8 Å². The summed E-state index contributed by atoms with van der Waals surface area (Å²) in [6, 6.07) is 6.38. The number of aromatic nitrogens is 2. The Morgan fingerprint density at radius 2 is 1.96 bits per heavy atom. The van der Waals surface area contributed by atoms with E-state index in [9.17, 15) is 4.79 Å². The van der Waals surface area contributed by atoms with Crippen molar-refractivity contribution >= 4 is 42.1 Å². The van der Waals surface area contributed by atoms with Crippen LogP contribution in [0.2, 0.25) is 0 Å². The van der Waals surface area contributed by atoms with Gasteiger partial charge < -0.3 is 10.2 Å². The number of nitrogens with zero attached hydrogens (tertiary/aromatic N) is 3. The van der Waals surface area contributed by atoms with E-state index in [4.69, 9.17) is 0 Å². The van der Waals surface area contributed by atoms with E-state index in [1.807, 2.05) is 28.5 Å². The number of piperidine rings is 1. The number of carbonyl (C=O) groups excluding carboxylic acids is 1. The quantitative estimate of drug-likeness (QED) is 0.763. The molecule has 3 heterocycles. The van der Waals surface area contributed by atoms with Crippen LogP contribution in [0.15, 0.2) is 29.8 Å². The van der Waals surface area contributed by atoms with Crippen LogP contribution in [0, 0.1) is 5.92 Å². The molecule has 1 saturated heterocycles. The van der Waals surface area contributed by atoms with Gasteiger partial charge in [-0.25, -0.2) is 4.98 Å². The minimum Gasteiger partial charge on any atom is -0.342 e. The average Bonchev–Trinajstić information content (AvgIpc) is 3.38. The Bertz CT molecular complexity index is 716. The third-order valence-electron chi connectivity index (χ3n) is 5.01. The molecule has 2 aliphatic rings. The second-order valence-electron chi connectivity index (χ2n) is 7.04. The Hall–Kier alpha value is -1.21. The normalized spacial score (nSPS) is 17.1. The standard InChI is InChI=1S/C19H24N4OS.2ClH/c24-18(23-9-6-15(7-10-23)21-12-14-4-5-14)11-16-13-25-19(22-16)17-3-1-2-8-20-17;;/h1-3,8,13-15,21H,4-7,9-12H2;2*1H. The van der Waals surface area contributed by atoms with Crippen molar-refractivity contribution in [2.45, 2.75) is 38.1 Å². The number of nitrogens with one attached hydrogen (secondary N) is 1. The van der Waals surface area contributed by atoms with Crippen molar-refractivity contribution < 1.29 is 4.79 Å². The molecule has 0 unspecified atom stereocenters. The van der Waals surface area contributed by atoms with Crippen LogP contribution in [0.25, 0.3) is 10.7 Å². The predicted octanol–water partition coefficient (Wildman–Crippen LogP) is 3.58. The topological polar surface area (TPSA) is 58.1 Å². The molecule has 0 bridgehead atoms. The SMILES string of the molecule is Cl.Cl.O=C(Cc1csc(-c2ccccn2)n1)N1CCC(NCC2CC2)CC1. The number of amides is 1. The van der Waals surface area contributed by atoms with Crippen molar-refractivity contribution in [3.63, 3.8) is 0 Å². The van der Waals surface area contributed by atoms with Crippen molar-refractivity contribution in [1.29, 1.82) is 0 Å². The van der Waals surface area contributed by atoms with E-state index >= 15 is 0 Å². The zero-order valence-corrected chi connectivity index (χ0v) is 17.6. The highest BCUT2D eigenvalue weighted by molar-refractivity contribution is 7.13. The van der Waals surface area contributed by atoms with Gasteiger partial charge in [0, 0.05) is 30.7 Å². The fourth-order valence-electron chi connectivity index (χ4n) is 3.25. The van der Waals surface area contributed by atoms with E-state index in [-0.39, 0.29) is 30.7 Å². The molecule has 4 rings (SSSR count). The molecule has 8 heteroatoms. The van der Waals surface area contributed by atoms with E-state index in [0.29, 0.717) is 12.5 Å². The summed E-state index contributed by atoms with van der Waals surface area (Å²) in [4.78, 5) is 23.4. The summed E-state index contributed by atoms with van der Waals surface area (Å²) >= 11 is 1.55. The fourth-order valence-corrected chi connectivity index (χ4v) is 4.05. The van der Waals surface area contributed by atoms with E-state index < -0.39 is 0 Å². The van der Waals surface area contributed by atoms with Gasteiger partial charge in [-0.3, -0.25) is 9.78 Å². The van der Waals surface area contributed by atoms with Crippen LogP contribution in [0.1, 0.15) is 31.4 Å². The molecular formula is C19H26Cl2N4OS. The van der Waals surface area contributed by atoms with Crippen LogP contribution in [0.5, 0.6) is 0 Å². The number of halogens is 2. The van der Waals surface area contributed by atoms with Gasteiger partial charge in [-0.2, -0.15) is 0 Å². The Morgan fingerprint density at radius 1 is 1.19 bits per heavy atom. The monoisotopic (exact) mass is 428 g/mol. The number of hydrogen-bond donors (Lipinski definition) is 1. The molecule has 1 aliphatic carbocycles. The maximum Gasteiger partial charge on any atom is 0.228 e. The highest BCUT2D eigenvalue weighted by Gasteiger charge is 2.26. The lowest BCUT2D eigenvalue weighted by Crippen LogP contribution is -2.45. The number of rotatable bonds is 6. The smallest absolute Gasteiger partial charge is 0.228 e. The zero-order chi connectivity index (χ0) is 17.1. The molecule has 2 aromatic rings. The van der Waals surface area contributed by atoms with Crippen LogP contribution in [0.4, 0.5) is 0 Å². The number of pyridine rings is 1. The van der Waals surface area contributed by atoms with Crippen molar-refractivity contribution in [2.75, 3.05) is 19.6 Å². The summed E-state index contributed by atoms with van der Waals surface area (Å²) in [6.45, 7) is 2.88. The van der Waals surface area contributed by atoms with Gasteiger partial charge in [-0.05, 0) is 50.3 Å². The highest BCUT2D eigenvalue weighted by Crippen LogP contribution is 2.28. The fraction of sp³-hybridized carbons (Fsp3) is 0.526. The summed E-state index contributed by atoms with van der Waals surface area (Å²) in [5.41, 5.74) is 1.72. The van der Waals surface area contributed by atoms with Crippen molar-refractivity contribution in [1.82, 2.24) is 20.2 Å². The van der Waals surface area contributed by atoms with Gasteiger partial charge in [0.2, 0.25) is 5.91 Å². The second kappa shape index (κ2) is 10.4. The van der Waals surface area contributed by atoms with Gasteiger partial charge >= 0.3 is 0 Å². The molecule has 1 aliphatic heterocycles. The first kappa shape index (κ1) is 22.1. The lowest BCUT2D eigenvalue weighted by atomic mass is 10.0. The molecule has 2 aromatic heterocycles. The lowest BCUT2D eigenvalue weighted by Gasteiger charge is -2.32. The number of likely N-dealkylation sites (tertiary alicyclic amines) is 1. The summed E-state index contributed by atoms with van der Waals surface area (Å²) in [6.07, 6.45) is 7.06. The average molecular weight is 429 g/mol. The predicted molar refractivity (Wildman–Crippen MR) is 114 cm³/mol. The first-order valence-corrected chi connectivity index (χ1v) is 10.0. The Balaban J connectivity index is 0.00000131. The molecule has 148 valence electrons. The molecule has 5 nitrogen and oxygen atoms in total. The van der Waals surface area contributed by atoms with Gasteiger partial charge in [0.15, 0.2) is 0 Å². The van der Waals surface area contributed by atoms with Crippen molar-refractivity contribution in [3.8, 4) is 10.7 Å². The van der Waals surface area contributed by atoms with E-state index in [2.05, 4.69) is 15.3 Å². The molecule has 27 heavy (non-hydrogen) atoms. The first-order valence-electron chi connectivity index (χ1n) is 9.15. The second-order valence-corrected chi connectivity index (χ2v) is 7.90. The van der Waals surface area contributed by atoms with Crippen LogP contribution >= 0.6 is 36.2 Å². The molecule has 1 amide bonds. The van der Waals surface area contributed by atoms with Crippen LogP contribution in [-0.4, -0.2) is 46.5 Å². The Labute approximate surface area is 176 Å². The van der Waals surface area contributed by atoms with Crippen LogP contribution < -0.4 is 5.32 Å². The largest absolute Gasteiger partial charge is 0.342 e. The Kier molecular flexibility index (Phi) is 8.48. The minimum absolute atomic E-state index is 0. The third-order valence-corrected chi connectivity index (χ3v) is 5.92. The Morgan fingerprint density at radius 3 is 2.63 bits per heavy atom. The van der Waals surface area contributed by atoms with Gasteiger partial charge in [0.25, 0.3) is 0 Å². The number of carbonyl (C=O) groups is 1. The molecule has 0 spiro atoms. The molecular weight excluding hydrogens is 403 g/mol. The van der Waals surface area contributed by atoms with Crippen molar-refractivity contribution in [3.05, 3.63) is 35.5 Å². The molecule has 0 radical (unpaired) electrons. The summed E-state index contributed by atoms with van der Waals surface area (Å²) in [5.74, 6) is 1.11. The van der Waals surface area contributed by atoms with Crippen molar-refractivity contribution in [2.24, 2.45) is 5.92 Å². The summed E-state index contributed by atoms with van der Waals surface area (Å²) in [7, 11) is 0. The van der Waals surface area contributed by atoms with Gasteiger partial charge in [-0.15, -0.1) is 36.2 Å². The highest BCUT2D eigenvalue weighted by atomic mass is 35.5. The summed E-state index contributed by atoms with van der Waals surface area (Å²) in [5, 5.41) is 6.52. The molecule has 2 fully saturated rings. The maximum atomic E-state index is 12.6. The maximum absolute atomic E-state index is 12.6. The lowest BCUT2D eigenvalue weighted by molar-refractivity contribution is -0.131. The first-order chi connectivity index (χ1) is 12.3. The third kappa shape index (κ3) is 6.14. The molecule has 1 N–H and O–H groups in total. The van der Waals surface area contributed by atoms with Gasteiger partial charge in [-0.1, -0.05) is 6.07 Å². The molecule has 0 aromatic carbocycles.